The molecule has 0 saturated carbocycles. The van der Waals surface area contributed by atoms with Gasteiger partial charge < -0.3 is 15.2 Å². The van der Waals surface area contributed by atoms with Gasteiger partial charge in [-0.15, -0.1) is 0 Å². The molecular formula is C29H30F4N2O3. The minimum absolute atomic E-state index is 0.0758. The van der Waals surface area contributed by atoms with E-state index in [0.29, 0.717) is 39.3 Å². The Morgan fingerprint density at radius 3 is 2.42 bits per heavy atom. The third-order valence-corrected chi connectivity index (χ3v) is 6.85. The highest BCUT2D eigenvalue weighted by atomic mass is 19.4. The molecule has 2 N–H and O–H groups in total. The van der Waals surface area contributed by atoms with Gasteiger partial charge in [0.1, 0.15) is 17.7 Å². The first-order valence-corrected chi connectivity index (χ1v) is 12.2. The number of nitrogens with zero attached hydrogens (tertiary/aromatic N) is 1. The lowest BCUT2D eigenvalue weighted by atomic mass is 9.92. The molecule has 3 aromatic rings. The number of alkyl halides is 3. The second kappa shape index (κ2) is 10.2. The van der Waals surface area contributed by atoms with Gasteiger partial charge in [0.2, 0.25) is 0 Å². The maximum Gasteiger partial charge on any atom is 0.416 e. The lowest BCUT2D eigenvalue weighted by molar-refractivity contribution is -0.137. The Balaban J connectivity index is 1.72. The maximum absolute atomic E-state index is 14.7. The molecular weight excluding hydrogens is 500 g/mol. The van der Waals surface area contributed by atoms with Gasteiger partial charge in [0.25, 0.3) is 0 Å². The van der Waals surface area contributed by atoms with Crippen LogP contribution in [0.2, 0.25) is 0 Å². The van der Waals surface area contributed by atoms with Crippen LogP contribution >= 0.6 is 0 Å². The first-order valence-electron chi connectivity index (χ1n) is 12.2. The van der Waals surface area contributed by atoms with E-state index in [4.69, 9.17) is 15.2 Å². The summed E-state index contributed by atoms with van der Waals surface area (Å²) in [5.41, 5.74) is 8.93. The molecule has 0 aromatic heterocycles. The van der Waals surface area contributed by atoms with Crippen molar-refractivity contribution in [3.8, 4) is 16.9 Å². The fraction of sp³-hybridized carbons (Fsp3) is 0.345. The van der Waals surface area contributed by atoms with Crippen LogP contribution < -0.4 is 10.5 Å². The number of hydrogen-bond acceptors (Lipinski definition) is 4. The Labute approximate surface area is 219 Å². The summed E-state index contributed by atoms with van der Waals surface area (Å²) < 4.78 is 66.0. The molecule has 202 valence electrons. The van der Waals surface area contributed by atoms with Gasteiger partial charge in [-0.25, -0.2) is 9.18 Å². The van der Waals surface area contributed by atoms with Crippen LogP contribution in [-0.2, 0) is 17.5 Å². The molecule has 4 rings (SSSR count). The summed E-state index contributed by atoms with van der Waals surface area (Å²) in [6.07, 6.45) is -6.06. The predicted octanol–water partition coefficient (Wildman–Crippen LogP) is 7.62. The third kappa shape index (κ3) is 5.28. The Bertz CT molecular complexity index is 1370. The molecule has 0 spiro atoms. The minimum Gasteiger partial charge on any atom is -0.496 e. The van der Waals surface area contributed by atoms with E-state index in [1.165, 1.54) is 18.1 Å². The molecule has 38 heavy (non-hydrogen) atoms. The molecule has 2 atom stereocenters. The van der Waals surface area contributed by atoms with Gasteiger partial charge in [0.15, 0.2) is 0 Å². The van der Waals surface area contributed by atoms with Crippen LogP contribution in [0.3, 0.4) is 0 Å². The molecule has 1 aliphatic rings. The maximum atomic E-state index is 14.7. The number of methoxy groups -OCH3 is 1. The van der Waals surface area contributed by atoms with Crippen molar-refractivity contribution >= 4 is 11.8 Å². The van der Waals surface area contributed by atoms with Gasteiger partial charge >= 0.3 is 12.3 Å². The van der Waals surface area contributed by atoms with Gasteiger partial charge in [-0.05, 0) is 72.4 Å². The minimum atomic E-state index is -4.52. The summed E-state index contributed by atoms with van der Waals surface area (Å²) in [5.74, 6) is -0.136. The summed E-state index contributed by atoms with van der Waals surface area (Å²) in [7, 11) is 1.45. The molecule has 0 bridgehead atoms. The Morgan fingerprint density at radius 2 is 1.79 bits per heavy atom. The van der Waals surface area contributed by atoms with Crippen LogP contribution in [0, 0.1) is 12.7 Å². The van der Waals surface area contributed by atoms with Crippen molar-refractivity contribution < 1.29 is 31.8 Å². The van der Waals surface area contributed by atoms with E-state index in [1.54, 1.807) is 44.2 Å². The lowest BCUT2D eigenvalue weighted by Crippen LogP contribution is -2.31. The van der Waals surface area contributed by atoms with E-state index in [9.17, 15) is 22.4 Å². The molecule has 1 aliphatic heterocycles. The number of halogens is 4. The van der Waals surface area contributed by atoms with Gasteiger partial charge in [-0.1, -0.05) is 31.5 Å². The second-order valence-corrected chi connectivity index (χ2v) is 9.95. The van der Waals surface area contributed by atoms with Crippen LogP contribution in [0.4, 0.5) is 28.0 Å². The zero-order valence-corrected chi connectivity index (χ0v) is 21.8. The number of aryl methyl sites for hydroxylation is 1. The van der Waals surface area contributed by atoms with Crippen molar-refractivity contribution in [2.75, 3.05) is 12.8 Å². The summed E-state index contributed by atoms with van der Waals surface area (Å²) in [5, 5.41) is 0. The fourth-order valence-electron chi connectivity index (χ4n) is 4.88. The van der Waals surface area contributed by atoms with Crippen LogP contribution in [0.25, 0.3) is 11.1 Å². The summed E-state index contributed by atoms with van der Waals surface area (Å²) in [6, 6.07) is 11.4. The van der Waals surface area contributed by atoms with Gasteiger partial charge in [-0.2, -0.15) is 13.2 Å². The first kappa shape index (κ1) is 27.3. The summed E-state index contributed by atoms with van der Waals surface area (Å²) >= 11 is 0. The molecule has 0 aliphatic carbocycles. The summed E-state index contributed by atoms with van der Waals surface area (Å²) in [4.78, 5) is 14.4. The van der Waals surface area contributed by atoms with Crippen molar-refractivity contribution in [3.63, 3.8) is 0 Å². The van der Waals surface area contributed by atoms with Crippen LogP contribution in [0.1, 0.15) is 60.6 Å². The number of ether oxygens (including phenoxy) is 2. The lowest BCUT2D eigenvalue weighted by Gasteiger charge is -2.24. The van der Waals surface area contributed by atoms with Crippen LogP contribution in [-0.4, -0.2) is 24.1 Å². The SMILES string of the molecule is COc1cc(F)c(C(C)C)cc1-c1ccc(N)cc1CN1C(=O)O[C@H](c2cc(C)cc(C(F)(F)F)c2)C1C. The number of nitrogens with two attached hydrogens (primary N) is 1. The highest BCUT2D eigenvalue weighted by Gasteiger charge is 2.41. The average molecular weight is 531 g/mol. The number of anilines is 1. The van der Waals surface area contributed by atoms with Crippen molar-refractivity contribution in [2.45, 2.75) is 58.5 Å². The van der Waals surface area contributed by atoms with E-state index in [1.807, 2.05) is 13.8 Å². The molecule has 9 heteroatoms. The number of rotatable bonds is 6. The normalized spacial score (nSPS) is 17.7. The van der Waals surface area contributed by atoms with Gasteiger partial charge in [0, 0.05) is 17.3 Å². The highest BCUT2D eigenvalue weighted by molar-refractivity contribution is 5.77. The van der Waals surface area contributed by atoms with Crippen LogP contribution in [0.5, 0.6) is 5.75 Å². The van der Waals surface area contributed by atoms with Gasteiger partial charge in [-0.3, -0.25) is 4.90 Å². The first-order chi connectivity index (χ1) is 17.8. The van der Waals surface area contributed by atoms with Crippen molar-refractivity contribution in [1.29, 1.82) is 0 Å². The van der Waals surface area contributed by atoms with Crippen molar-refractivity contribution in [3.05, 3.63) is 82.2 Å². The molecule has 5 nitrogen and oxygen atoms in total. The van der Waals surface area contributed by atoms with E-state index in [-0.39, 0.29) is 23.8 Å². The standard InChI is InChI=1S/C29H30F4N2O3/c1-15(2)23-12-24(26(37-5)13-25(23)30)22-7-6-21(34)11-19(22)14-35-17(4)27(38-28(35)36)18-8-16(3)9-20(10-18)29(31,32)33/h6-13,15,17,27H,14,34H2,1-5H3/t17?,27-/m0/s1. The fourth-order valence-corrected chi connectivity index (χ4v) is 4.88. The monoisotopic (exact) mass is 530 g/mol. The number of benzene rings is 3. The Kier molecular flexibility index (Phi) is 7.32. The highest BCUT2D eigenvalue weighted by Crippen LogP contribution is 2.41. The molecule has 1 saturated heterocycles. The topological polar surface area (TPSA) is 64.8 Å². The number of hydrogen-bond donors (Lipinski definition) is 1. The predicted molar refractivity (Wildman–Crippen MR) is 137 cm³/mol. The number of carbonyl (C=O) groups excluding carboxylic acids is 1. The van der Waals surface area contributed by atoms with Gasteiger partial charge in [0.05, 0.1) is 25.3 Å². The largest absolute Gasteiger partial charge is 0.496 e. The number of carbonyl (C=O) groups is 1. The molecule has 1 unspecified atom stereocenters. The van der Waals surface area contributed by atoms with E-state index in [0.717, 1.165) is 12.1 Å². The zero-order valence-electron chi connectivity index (χ0n) is 21.8. The average Bonchev–Trinajstić information content (AvgIpc) is 3.11. The number of cyclic esters (lactones) is 1. The second-order valence-electron chi connectivity index (χ2n) is 9.95. The number of nitrogen functional groups attached to an aromatic ring is 1. The van der Waals surface area contributed by atoms with Crippen LogP contribution in [0.15, 0.2) is 48.5 Å². The smallest absolute Gasteiger partial charge is 0.416 e. The van der Waals surface area contributed by atoms with Crippen molar-refractivity contribution in [1.82, 2.24) is 4.90 Å². The quantitative estimate of drug-likeness (QED) is 0.263. The van der Waals surface area contributed by atoms with Crippen molar-refractivity contribution in [2.24, 2.45) is 0 Å². The van der Waals surface area contributed by atoms with E-state index >= 15 is 0 Å². The Morgan fingerprint density at radius 1 is 1.08 bits per heavy atom. The van der Waals surface area contributed by atoms with E-state index < -0.39 is 30.0 Å². The molecule has 1 heterocycles. The van der Waals surface area contributed by atoms with E-state index in [2.05, 4.69) is 0 Å². The zero-order chi connectivity index (χ0) is 27.9. The third-order valence-electron chi connectivity index (χ3n) is 6.85. The molecule has 1 fully saturated rings. The Hall–Kier alpha value is -3.75. The number of amides is 1. The molecule has 3 aromatic carbocycles. The molecule has 1 amide bonds. The summed E-state index contributed by atoms with van der Waals surface area (Å²) in [6.45, 7) is 7.14. The molecule has 0 radical (unpaired) electrons.